The smallest absolute Gasteiger partial charge is 0.416 e. The largest absolute Gasteiger partial charge is 0.463 e. The molecule has 1 aromatic rings. The van der Waals surface area contributed by atoms with Crippen LogP contribution in [0.5, 0.6) is 0 Å². The van der Waals surface area contributed by atoms with E-state index in [1.807, 2.05) is 0 Å². The van der Waals surface area contributed by atoms with Crippen LogP contribution in [0.4, 0.5) is 18.0 Å². The van der Waals surface area contributed by atoms with Gasteiger partial charge in [-0.1, -0.05) is 0 Å². The van der Waals surface area contributed by atoms with Crippen molar-refractivity contribution >= 4 is 18.0 Å². The minimum Gasteiger partial charge on any atom is -0.463 e. The summed E-state index contributed by atoms with van der Waals surface area (Å²) in [5, 5.41) is 4.86. The lowest BCUT2D eigenvalue weighted by atomic mass is 10.0. The highest BCUT2D eigenvalue weighted by atomic mass is 19.4. The molecular weight excluding hydrogens is 369 g/mol. The number of rotatable bonds is 5. The van der Waals surface area contributed by atoms with Gasteiger partial charge in [0.1, 0.15) is 6.61 Å². The second-order valence-corrected chi connectivity index (χ2v) is 5.58. The van der Waals surface area contributed by atoms with Gasteiger partial charge in [-0.2, -0.15) is 13.2 Å². The molecule has 2 rings (SSSR count). The number of ether oxygens (including phenoxy) is 2. The van der Waals surface area contributed by atoms with Crippen molar-refractivity contribution in [3.05, 3.63) is 46.7 Å². The maximum absolute atomic E-state index is 12.6. The van der Waals surface area contributed by atoms with E-state index in [4.69, 9.17) is 9.47 Å². The van der Waals surface area contributed by atoms with Crippen LogP contribution in [-0.4, -0.2) is 37.2 Å². The summed E-state index contributed by atoms with van der Waals surface area (Å²) in [6, 6.07) is 2.22. The van der Waals surface area contributed by atoms with Gasteiger partial charge in [-0.15, -0.1) is 0 Å². The Morgan fingerprint density at radius 3 is 2.30 bits per heavy atom. The molecule has 0 saturated carbocycles. The van der Waals surface area contributed by atoms with Gasteiger partial charge in [0.25, 0.3) is 0 Å². The summed E-state index contributed by atoms with van der Waals surface area (Å²) in [7, 11) is 0. The van der Waals surface area contributed by atoms with Gasteiger partial charge in [0, 0.05) is 0 Å². The Labute approximate surface area is 152 Å². The zero-order valence-electron chi connectivity index (χ0n) is 14.5. The molecule has 27 heavy (non-hydrogen) atoms. The van der Waals surface area contributed by atoms with E-state index in [2.05, 4.69) is 10.6 Å². The van der Waals surface area contributed by atoms with E-state index in [0.29, 0.717) is 0 Å². The second kappa shape index (κ2) is 8.11. The average Bonchev–Trinajstić information content (AvgIpc) is 2.58. The molecule has 2 amide bonds. The predicted molar refractivity (Wildman–Crippen MR) is 86.5 cm³/mol. The molecule has 146 valence electrons. The highest BCUT2D eigenvalue weighted by molar-refractivity contribution is 5.95. The number of carbonyl (C=O) groups is 3. The molecule has 1 atom stereocenters. The molecular formula is C17H17F3N2O5. The third-order valence-electron chi connectivity index (χ3n) is 3.66. The molecule has 1 heterocycles. The third-order valence-corrected chi connectivity index (χ3v) is 3.66. The number of nitrogens with one attached hydrogen (secondary N) is 2. The van der Waals surface area contributed by atoms with E-state index < -0.39 is 42.4 Å². The van der Waals surface area contributed by atoms with Crippen LogP contribution >= 0.6 is 0 Å². The van der Waals surface area contributed by atoms with Crippen molar-refractivity contribution in [1.29, 1.82) is 0 Å². The Bertz CT molecular complexity index is 772. The zero-order valence-corrected chi connectivity index (χ0v) is 14.5. The van der Waals surface area contributed by atoms with Gasteiger partial charge in [-0.05, 0) is 38.1 Å². The van der Waals surface area contributed by atoms with E-state index >= 15 is 0 Å². The van der Waals surface area contributed by atoms with Gasteiger partial charge in [-0.3, -0.25) is 0 Å². The Balaban J connectivity index is 2.14. The lowest BCUT2D eigenvalue weighted by Gasteiger charge is -2.26. The van der Waals surface area contributed by atoms with Gasteiger partial charge < -0.3 is 20.1 Å². The molecule has 0 saturated heterocycles. The van der Waals surface area contributed by atoms with Crippen molar-refractivity contribution < 1.29 is 37.0 Å². The maximum atomic E-state index is 12.6. The minimum atomic E-state index is -4.52. The highest BCUT2D eigenvalue weighted by Crippen LogP contribution is 2.29. The Morgan fingerprint density at radius 2 is 1.74 bits per heavy atom. The first-order chi connectivity index (χ1) is 12.6. The molecule has 10 heteroatoms. The number of esters is 2. The van der Waals surface area contributed by atoms with Crippen molar-refractivity contribution in [2.24, 2.45) is 0 Å². The quantitative estimate of drug-likeness (QED) is 0.758. The SMILES string of the molecule is CCOC(=O)C1=C(COC(=O)c2ccc(C(F)(F)F)cc2)NC(=O)N[C@H]1C. The van der Waals surface area contributed by atoms with Crippen LogP contribution in [0.25, 0.3) is 0 Å². The van der Waals surface area contributed by atoms with Gasteiger partial charge in [0.2, 0.25) is 0 Å². The molecule has 0 aliphatic carbocycles. The standard InChI is InChI=1S/C17H17F3N2O5/c1-3-26-15(24)13-9(2)21-16(25)22-12(13)8-27-14(23)10-4-6-11(7-5-10)17(18,19)20/h4-7,9H,3,8H2,1-2H3,(H2,21,22,25)/t9-/m0/s1. The molecule has 0 unspecified atom stereocenters. The van der Waals surface area contributed by atoms with Gasteiger partial charge in [0.05, 0.1) is 35.0 Å². The topological polar surface area (TPSA) is 93.7 Å². The summed E-state index contributed by atoms with van der Waals surface area (Å²) >= 11 is 0. The first kappa shape index (κ1) is 20.3. The predicted octanol–water partition coefficient (Wildman–Crippen LogP) is 2.38. The molecule has 7 nitrogen and oxygen atoms in total. The fourth-order valence-electron chi connectivity index (χ4n) is 2.41. The number of urea groups is 1. The molecule has 1 aromatic carbocycles. The number of benzene rings is 1. The molecule has 1 aliphatic rings. The number of halogens is 3. The zero-order chi connectivity index (χ0) is 20.2. The van der Waals surface area contributed by atoms with E-state index in [0.717, 1.165) is 24.3 Å². The summed E-state index contributed by atoms with van der Waals surface area (Å²) in [4.78, 5) is 35.7. The Kier molecular flexibility index (Phi) is 6.09. The molecule has 0 spiro atoms. The van der Waals surface area contributed by atoms with Gasteiger partial charge in [-0.25, -0.2) is 14.4 Å². The van der Waals surface area contributed by atoms with Crippen LogP contribution in [-0.2, 0) is 20.4 Å². The van der Waals surface area contributed by atoms with E-state index in [1.165, 1.54) is 0 Å². The number of hydrogen-bond acceptors (Lipinski definition) is 5. The molecule has 0 fully saturated rings. The lowest BCUT2D eigenvalue weighted by molar-refractivity contribution is -0.139. The first-order valence-electron chi connectivity index (χ1n) is 7.95. The molecule has 0 bridgehead atoms. The summed E-state index contributed by atoms with van der Waals surface area (Å²) in [5.41, 5.74) is -0.859. The number of hydrogen-bond donors (Lipinski definition) is 2. The summed E-state index contributed by atoms with van der Waals surface area (Å²) in [6.07, 6.45) is -4.52. The third kappa shape index (κ3) is 4.99. The van der Waals surface area contributed by atoms with Crippen LogP contribution in [0.3, 0.4) is 0 Å². The van der Waals surface area contributed by atoms with Crippen molar-refractivity contribution in [1.82, 2.24) is 10.6 Å². The fourth-order valence-corrected chi connectivity index (χ4v) is 2.41. The number of alkyl halides is 3. The van der Waals surface area contributed by atoms with Crippen LogP contribution in [0.1, 0.15) is 29.8 Å². The number of amides is 2. The molecule has 0 aromatic heterocycles. The molecule has 0 radical (unpaired) electrons. The van der Waals surface area contributed by atoms with E-state index in [1.54, 1.807) is 13.8 Å². The number of carbonyl (C=O) groups excluding carboxylic acids is 3. The molecule has 2 N–H and O–H groups in total. The van der Waals surface area contributed by atoms with Crippen LogP contribution in [0, 0.1) is 0 Å². The van der Waals surface area contributed by atoms with Crippen molar-refractivity contribution in [2.45, 2.75) is 26.1 Å². The average molecular weight is 386 g/mol. The lowest BCUT2D eigenvalue weighted by Crippen LogP contribution is -2.50. The maximum Gasteiger partial charge on any atom is 0.416 e. The van der Waals surface area contributed by atoms with Crippen molar-refractivity contribution in [2.75, 3.05) is 13.2 Å². The normalized spacial score (nSPS) is 17.1. The van der Waals surface area contributed by atoms with Crippen molar-refractivity contribution in [3.63, 3.8) is 0 Å². The second-order valence-electron chi connectivity index (χ2n) is 5.58. The summed E-state index contributed by atoms with van der Waals surface area (Å²) in [6.45, 7) is 2.83. The first-order valence-corrected chi connectivity index (χ1v) is 7.95. The van der Waals surface area contributed by atoms with E-state index in [-0.39, 0.29) is 23.4 Å². The van der Waals surface area contributed by atoms with Gasteiger partial charge in [0.15, 0.2) is 0 Å². The summed E-state index contributed by atoms with van der Waals surface area (Å²) in [5.74, 6) is -1.59. The van der Waals surface area contributed by atoms with E-state index in [9.17, 15) is 27.6 Å². The van der Waals surface area contributed by atoms with Crippen LogP contribution in [0.2, 0.25) is 0 Å². The monoisotopic (exact) mass is 386 g/mol. The minimum absolute atomic E-state index is 0.0463. The molecule has 1 aliphatic heterocycles. The highest BCUT2D eigenvalue weighted by Gasteiger charge is 2.31. The van der Waals surface area contributed by atoms with Crippen LogP contribution in [0.15, 0.2) is 35.5 Å². The van der Waals surface area contributed by atoms with Gasteiger partial charge >= 0.3 is 24.1 Å². The fraction of sp³-hybridized carbons (Fsp3) is 0.353. The van der Waals surface area contributed by atoms with Crippen LogP contribution < -0.4 is 10.6 Å². The Hall–Kier alpha value is -3.04. The summed E-state index contributed by atoms with van der Waals surface area (Å²) < 4.78 is 47.6. The Morgan fingerprint density at radius 1 is 1.11 bits per heavy atom. The van der Waals surface area contributed by atoms with Crippen molar-refractivity contribution in [3.8, 4) is 0 Å².